The Morgan fingerprint density at radius 1 is 1.26 bits per heavy atom. The van der Waals surface area contributed by atoms with E-state index < -0.39 is 0 Å². The molecule has 1 rings (SSSR count). The molecule has 0 radical (unpaired) electrons. The van der Waals surface area contributed by atoms with Crippen molar-refractivity contribution < 1.29 is 9.90 Å². The molecule has 1 aromatic rings. The number of benzene rings is 1. The highest BCUT2D eigenvalue weighted by Gasteiger charge is 2.13. The molecular formula is C15H24N2O2. The van der Waals surface area contributed by atoms with Crippen molar-refractivity contribution >= 4 is 6.03 Å². The summed E-state index contributed by atoms with van der Waals surface area (Å²) in [6.07, 6.45) is 0.956. The molecule has 0 aromatic heterocycles. The smallest absolute Gasteiger partial charge is 0.315 e. The Labute approximate surface area is 115 Å². The van der Waals surface area contributed by atoms with E-state index in [0.29, 0.717) is 6.54 Å². The van der Waals surface area contributed by atoms with Gasteiger partial charge < -0.3 is 15.7 Å². The summed E-state index contributed by atoms with van der Waals surface area (Å²) < 4.78 is 0. The van der Waals surface area contributed by atoms with E-state index in [4.69, 9.17) is 5.11 Å². The molecule has 106 valence electrons. The predicted octanol–water partition coefficient (Wildman–Crippen LogP) is 2.07. The van der Waals surface area contributed by atoms with Gasteiger partial charge in [0.15, 0.2) is 0 Å². The summed E-state index contributed by atoms with van der Waals surface area (Å²) in [5.74, 6) is 0.0497. The number of carbonyl (C=O) groups is 1. The Morgan fingerprint density at radius 2 is 1.89 bits per heavy atom. The first kappa shape index (κ1) is 15.5. The molecule has 0 heterocycles. The van der Waals surface area contributed by atoms with E-state index in [0.717, 1.165) is 12.0 Å². The average Bonchev–Trinajstić information content (AvgIpc) is 2.44. The highest BCUT2D eigenvalue weighted by Crippen LogP contribution is 2.08. The number of urea groups is 1. The quantitative estimate of drug-likeness (QED) is 0.736. The van der Waals surface area contributed by atoms with Crippen LogP contribution in [0.15, 0.2) is 24.3 Å². The van der Waals surface area contributed by atoms with Crippen LogP contribution in [0, 0.1) is 5.92 Å². The summed E-state index contributed by atoms with van der Waals surface area (Å²) in [5.41, 5.74) is 2.39. The molecule has 0 saturated heterocycles. The van der Waals surface area contributed by atoms with Gasteiger partial charge in [-0.15, -0.1) is 0 Å². The molecule has 4 heteroatoms. The standard InChI is InChI=1S/C15H24N2O2/c1-4-13-7-5-6-8-14(13)9-16-15(19)17-12(3)11(2)10-18/h5-8,11-12,18H,4,9-10H2,1-3H3,(H2,16,17,19). The van der Waals surface area contributed by atoms with Crippen LogP contribution >= 0.6 is 0 Å². The van der Waals surface area contributed by atoms with E-state index in [2.05, 4.69) is 23.6 Å². The minimum atomic E-state index is -0.196. The maximum Gasteiger partial charge on any atom is 0.315 e. The van der Waals surface area contributed by atoms with Crippen molar-refractivity contribution in [3.8, 4) is 0 Å². The van der Waals surface area contributed by atoms with Gasteiger partial charge in [-0.3, -0.25) is 0 Å². The zero-order valence-corrected chi connectivity index (χ0v) is 11.9. The number of carbonyl (C=O) groups excluding carboxylic acids is 1. The maximum atomic E-state index is 11.7. The Bertz CT molecular complexity index is 407. The molecule has 2 amide bonds. The SMILES string of the molecule is CCc1ccccc1CNC(=O)NC(C)C(C)CO. The van der Waals surface area contributed by atoms with E-state index in [-0.39, 0.29) is 24.6 Å². The second kappa shape index (κ2) is 7.79. The van der Waals surface area contributed by atoms with Gasteiger partial charge in [0.05, 0.1) is 0 Å². The van der Waals surface area contributed by atoms with Gasteiger partial charge >= 0.3 is 6.03 Å². The topological polar surface area (TPSA) is 61.4 Å². The number of aliphatic hydroxyl groups is 1. The Morgan fingerprint density at radius 3 is 2.47 bits per heavy atom. The molecule has 4 nitrogen and oxygen atoms in total. The highest BCUT2D eigenvalue weighted by atomic mass is 16.3. The third kappa shape index (κ3) is 4.91. The van der Waals surface area contributed by atoms with Crippen LogP contribution in [-0.4, -0.2) is 23.8 Å². The van der Waals surface area contributed by atoms with Crippen molar-refractivity contribution in [2.24, 2.45) is 5.92 Å². The minimum absolute atomic E-state index is 0.0496. The molecule has 19 heavy (non-hydrogen) atoms. The molecule has 0 bridgehead atoms. The normalized spacial score (nSPS) is 13.7. The third-order valence-electron chi connectivity index (χ3n) is 3.44. The van der Waals surface area contributed by atoms with Crippen LogP contribution in [0.4, 0.5) is 4.79 Å². The molecule has 0 aliphatic heterocycles. The average molecular weight is 264 g/mol. The molecule has 0 fully saturated rings. The van der Waals surface area contributed by atoms with E-state index in [9.17, 15) is 4.79 Å². The first-order valence-electron chi connectivity index (χ1n) is 6.80. The van der Waals surface area contributed by atoms with Gasteiger partial charge in [0.2, 0.25) is 0 Å². The van der Waals surface area contributed by atoms with Gasteiger partial charge in [-0.2, -0.15) is 0 Å². The lowest BCUT2D eigenvalue weighted by Gasteiger charge is -2.19. The summed E-state index contributed by atoms with van der Waals surface area (Å²) in [6.45, 7) is 6.48. The monoisotopic (exact) mass is 264 g/mol. The number of amides is 2. The van der Waals surface area contributed by atoms with Crippen LogP contribution < -0.4 is 10.6 Å². The lowest BCUT2D eigenvalue weighted by atomic mass is 10.1. The molecule has 0 spiro atoms. The molecule has 0 aliphatic rings. The van der Waals surface area contributed by atoms with Gasteiger partial charge in [0.1, 0.15) is 0 Å². The lowest BCUT2D eigenvalue weighted by molar-refractivity contribution is 0.200. The van der Waals surface area contributed by atoms with Crippen LogP contribution in [0.1, 0.15) is 31.9 Å². The fourth-order valence-electron chi connectivity index (χ4n) is 1.81. The summed E-state index contributed by atoms with van der Waals surface area (Å²) >= 11 is 0. The Balaban J connectivity index is 2.46. The van der Waals surface area contributed by atoms with Crippen molar-refractivity contribution in [2.45, 2.75) is 39.8 Å². The van der Waals surface area contributed by atoms with Crippen LogP contribution in [0.25, 0.3) is 0 Å². The second-order valence-electron chi connectivity index (χ2n) is 4.90. The third-order valence-corrected chi connectivity index (χ3v) is 3.44. The molecule has 0 aliphatic carbocycles. The van der Waals surface area contributed by atoms with Crippen LogP contribution in [0.5, 0.6) is 0 Å². The first-order chi connectivity index (χ1) is 9.08. The van der Waals surface area contributed by atoms with Crippen LogP contribution in [0.2, 0.25) is 0 Å². The van der Waals surface area contributed by atoms with Crippen molar-refractivity contribution in [1.29, 1.82) is 0 Å². The highest BCUT2D eigenvalue weighted by molar-refractivity contribution is 5.74. The molecule has 2 atom stereocenters. The van der Waals surface area contributed by atoms with Crippen LogP contribution in [0.3, 0.4) is 0 Å². The zero-order chi connectivity index (χ0) is 14.3. The fourth-order valence-corrected chi connectivity index (χ4v) is 1.81. The second-order valence-corrected chi connectivity index (χ2v) is 4.90. The molecule has 0 saturated carbocycles. The van der Waals surface area contributed by atoms with Gasteiger partial charge in [0, 0.05) is 19.2 Å². The largest absolute Gasteiger partial charge is 0.396 e. The molecule has 2 unspecified atom stereocenters. The van der Waals surface area contributed by atoms with Crippen LogP contribution in [-0.2, 0) is 13.0 Å². The Hall–Kier alpha value is -1.55. The zero-order valence-electron chi connectivity index (χ0n) is 11.9. The molecular weight excluding hydrogens is 240 g/mol. The number of nitrogens with one attached hydrogen (secondary N) is 2. The number of aliphatic hydroxyl groups excluding tert-OH is 1. The van der Waals surface area contributed by atoms with E-state index in [1.54, 1.807) is 0 Å². The van der Waals surface area contributed by atoms with Crippen molar-refractivity contribution in [2.75, 3.05) is 6.61 Å². The van der Waals surface area contributed by atoms with Gasteiger partial charge in [-0.05, 0) is 30.4 Å². The molecule has 1 aromatic carbocycles. The summed E-state index contributed by atoms with van der Waals surface area (Å²) in [5, 5.41) is 14.7. The van der Waals surface area contributed by atoms with Gasteiger partial charge in [0.25, 0.3) is 0 Å². The number of rotatable bonds is 6. The van der Waals surface area contributed by atoms with Gasteiger partial charge in [-0.25, -0.2) is 4.79 Å². The summed E-state index contributed by atoms with van der Waals surface area (Å²) in [6, 6.07) is 7.84. The first-order valence-corrected chi connectivity index (χ1v) is 6.80. The Kier molecular flexibility index (Phi) is 6.36. The predicted molar refractivity (Wildman–Crippen MR) is 76.9 cm³/mol. The summed E-state index contributed by atoms with van der Waals surface area (Å²) in [7, 11) is 0. The van der Waals surface area contributed by atoms with Gasteiger partial charge in [-0.1, -0.05) is 38.1 Å². The van der Waals surface area contributed by atoms with E-state index in [1.807, 2.05) is 32.0 Å². The number of hydrogen-bond donors (Lipinski definition) is 3. The number of hydrogen-bond acceptors (Lipinski definition) is 2. The van der Waals surface area contributed by atoms with Crippen molar-refractivity contribution in [3.05, 3.63) is 35.4 Å². The molecule has 3 N–H and O–H groups in total. The summed E-state index contributed by atoms with van der Waals surface area (Å²) in [4.78, 5) is 11.7. The van der Waals surface area contributed by atoms with E-state index >= 15 is 0 Å². The minimum Gasteiger partial charge on any atom is -0.396 e. The fraction of sp³-hybridized carbons (Fsp3) is 0.533. The van der Waals surface area contributed by atoms with E-state index in [1.165, 1.54) is 5.56 Å². The number of aryl methyl sites for hydroxylation is 1. The lowest BCUT2D eigenvalue weighted by Crippen LogP contribution is -2.44. The maximum absolute atomic E-state index is 11.7. The van der Waals surface area contributed by atoms with Crippen molar-refractivity contribution in [1.82, 2.24) is 10.6 Å². The van der Waals surface area contributed by atoms with Crippen molar-refractivity contribution in [3.63, 3.8) is 0 Å².